The van der Waals surface area contributed by atoms with E-state index < -0.39 is 17.9 Å². The number of halogens is 1. The second kappa shape index (κ2) is 12.3. The Kier molecular flexibility index (Phi) is 8.23. The van der Waals surface area contributed by atoms with Crippen molar-refractivity contribution in [1.29, 1.82) is 0 Å². The highest BCUT2D eigenvalue weighted by atomic mass is 19.1. The molecular formula is C29H27FN4O5. The summed E-state index contributed by atoms with van der Waals surface area (Å²) in [6, 6.07) is 15.5. The fourth-order valence-corrected chi connectivity index (χ4v) is 4.38. The number of benzene rings is 2. The lowest BCUT2D eigenvalue weighted by Gasteiger charge is -2.31. The van der Waals surface area contributed by atoms with Crippen LogP contribution in [0.3, 0.4) is 0 Å². The van der Waals surface area contributed by atoms with Crippen molar-refractivity contribution in [3.63, 3.8) is 0 Å². The zero-order chi connectivity index (χ0) is 27.0. The second-order valence-electron chi connectivity index (χ2n) is 9.01. The van der Waals surface area contributed by atoms with Crippen LogP contribution in [0.5, 0.6) is 5.75 Å². The van der Waals surface area contributed by atoms with Crippen LogP contribution >= 0.6 is 0 Å². The normalized spacial score (nSPS) is 15.5. The number of rotatable bonds is 10. The van der Waals surface area contributed by atoms with E-state index in [1.165, 1.54) is 29.5 Å². The van der Waals surface area contributed by atoms with E-state index in [-0.39, 0.29) is 24.2 Å². The third kappa shape index (κ3) is 6.47. The molecule has 1 aliphatic heterocycles. The van der Waals surface area contributed by atoms with Crippen molar-refractivity contribution in [3.8, 4) is 5.75 Å². The van der Waals surface area contributed by atoms with E-state index in [4.69, 9.17) is 13.9 Å². The molecule has 1 aliphatic rings. The van der Waals surface area contributed by atoms with Crippen LogP contribution in [0.25, 0.3) is 0 Å². The Balaban J connectivity index is 1.44. The summed E-state index contributed by atoms with van der Waals surface area (Å²) in [6.45, 7) is 1.42. The van der Waals surface area contributed by atoms with E-state index in [0.717, 1.165) is 18.4 Å². The van der Waals surface area contributed by atoms with Gasteiger partial charge in [-0.05, 0) is 54.4 Å². The summed E-state index contributed by atoms with van der Waals surface area (Å²) in [5, 5.41) is 2.89. The van der Waals surface area contributed by atoms with Crippen LogP contribution < -0.4 is 15.0 Å². The molecule has 0 spiro atoms. The van der Waals surface area contributed by atoms with Gasteiger partial charge in [-0.3, -0.25) is 19.5 Å². The average molecular weight is 531 g/mol. The van der Waals surface area contributed by atoms with Crippen LogP contribution in [0.4, 0.5) is 10.1 Å². The number of carbonyl (C=O) groups is 2. The van der Waals surface area contributed by atoms with Gasteiger partial charge in [0.25, 0.3) is 5.91 Å². The molecule has 39 heavy (non-hydrogen) atoms. The lowest BCUT2D eigenvalue weighted by Crippen LogP contribution is -2.44. The van der Waals surface area contributed by atoms with Gasteiger partial charge in [0.15, 0.2) is 12.1 Å². The van der Waals surface area contributed by atoms with Crippen LogP contribution in [-0.4, -0.2) is 47.6 Å². The number of nitrogens with zero attached hydrogens (tertiary/aromatic N) is 3. The monoisotopic (exact) mass is 530 g/mol. The second-order valence-corrected chi connectivity index (χ2v) is 9.01. The number of nitrogens with one attached hydrogen (secondary N) is 1. The molecule has 0 bridgehead atoms. The number of pyridine rings is 1. The molecule has 0 radical (unpaired) electrons. The van der Waals surface area contributed by atoms with Crippen molar-refractivity contribution in [1.82, 2.24) is 15.3 Å². The summed E-state index contributed by atoms with van der Waals surface area (Å²) in [6.07, 6.45) is 6.70. The minimum Gasteiger partial charge on any atom is -0.488 e. The SMILES string of the molecule is O=C(NCCc1cccc(F)c1)C(c1cccnc1)N(C(=O)c1cocn1)c1ccc(OC2CCOC2)cc1. The van der Waals surface area contributed by atoms with Crippen LogP contribution in [0.15, 0.2) is 90.1 Å². The molecule has 10 heteroatoms. The Morgan fingerprint density at radius 3 is 2.72 bits per heavy atom. The predicted molar refractivity (Wildman–Crippen MR) is 140 cm³/mol. The van der Waals surface area contributed by atoms with Crippen LogP contribution in [0.1, 0.15) is 34.1 Å². The number of hydrogen-bond acceptors (Lipinski definition) is 7. The predicted octanol–water partition coefficient (Wildman–Crippen LogP) is 4.12. The van der Waals surface area contributed by atoms with E-state index in [9.17, 15) is 14.0 Å². The Labute approximate surface area is 224 Å². The Morgan fingerprint density at radius 2 is 2.03 bits per heavy atom. The van der Waals surface area contributed by atoms with Gasteiger partial charge in [-0.2, -0.15) is 0 Å². The molecule has 2 amide bonds. The number of hydrogen-bond donors (Lipinski definition) is 1. The molecule has 2 aromatic carbocycles. The molecule has 0 saturated carbocycles. The van der Waals surface area contributed by atoms with Crippen molar-refractivity contribution in [2.75, 3.05) is 24.7 Å². The molecule has 1 saturated heterocycles. The number of anilines is 1. The summed E-state index contributed by atoms with van der Waals surface area (Å²) in [5.41, 5.74) is 1.74. The van der Waals surface area contributed by atoms with Gasteiger partial charge >= 0.3 is 0 Å². The van der Waals surface area contributed by atoms with E-state index in [0.29, 0.717) is 36.6 Å². The first kappa shape index (κ1) is 26.1. The van der Waals surface area contributed by atoms with Crippen molar-refractivity contribution in [2.45, 2.75) is 25.0 Å². The Bertz CT molecular complexity index is 1380. The van der Waals surface area contributed by atoms with E-state index in [1.54, 1.807) is 54.7 Å². The summed E-state index contributed by atoms with van der Waals surface area (Å²) in [7, 11) is 0. The maximum Gasteiger partial charge on any atom is 0.281 e. The van der Waals surface area contributed by atoms with E-state index >= 15 is 0 Å². The number of oxazole rings is 1. The molecule has 2 unspecified atom stereocenters. The highest BCUT2D eigenvalue weighted by Crippen LogP contribution is 2.31. The lowest BCUT2D eigenvalue weighted by molar-refractivity contribution is -0.122. The van der Waals surface area contributed by atoms with E-state index in [2.05, 4.69) is 15.3 Å². The molecule has 3 heterocycles. The molecule has 9 nitrogen and oxygen atoms in total. The topological polar surface area (TPSA) is 107 Å². The first-order chi connectivity index (χ1) is 19.1. The molecule has 5 rings (SSSR count). The van der Waals surface area contributed by atoms with Gasteiger partial charge in [0.1, 0.15) is 30.0 Å². The van der Waals surface area contributed by atoms with Crippen molar-refractivity contribution < 1.29 is 27.9 Å². The van der Waals surface area contributed by atoms with Crippen LogP contribution in [-0.2, 0) is 16.0 Å². The molecule has 200 valence electrons. The summed E-state index contributed by atoms with van der Waals surface area (Å²) in [4.78, 5) is 37.0. The maximum absolute atomic E-state index is 13.7. The van der Waals surface area contributed by atoms with Gasteiger partial charge in [-0.25, -0.2) is 9.37 Å². The zero-order valence-corrected chi connectivity index (χ0v) is 21.0. The molecule has 1 N–H and O–H groups in total. The minimum atomic E-state index is -1.08. The number of amides is 2. The fourth-order valence-electron chi connectivity index (χ4n) is 4.38. The van der Waals surface area contributed by atoms with Crippen LogP contribution in [0, 0.1) is 5.82 Å². The maximum atomic E-state index is 13.7. The van der Waals surface area contributed by atoms with Gasteiger partial charge in [0, 0.05) is 36.6 Å². The largest absolute Gasteiger partial charge is 0.488 e. The van der Waals surface area contributed by atoms with Gasteiger partial charge < -0.3 is 19.2 Å². The third-order valence-electron chi connectivity index (χ3n) is 6.28. The van der Waals surface area contributed by atoms with Crippen LogP contribution in [0.2, 0.25) is 0 Å². The standard InChI is InChI=1S/C29H27FN4O5/c30-22-5-1-3-20(15-22)10-13-32-28(35)27(21-4-2-12-31-16-21)34(29(36)26-18-38-19-33-26)23-6-8-24(9-7-23)39-25-11-14-37-17-25/h1-9,12,15-16,18-19,25,27H,10-11,13-14,17H2,(H,32,35). The quantitative estimate of drug-likeness (QED) is 0.329. The Hall–Kier alpha value is -4.57. The fraction of sp³-hybridized carbons (Fsp3) is 0.241. The van der Waals surface area contributed by atoms with Gasteiger partial charge in [-0.1, -0.05) is 18.2 Å². The summed E-state index contributed by atoms with van der Waals surface area (Å²) < 4.78 is 30.0. The minimum absolute atomic E-state index is 0.0317. The molecule has 0 aliphatic carbocycles. The summed E-state index contributed by atoms with van der Waals surface area (Å²) >= 11 is 0. The van der Waals surface area contributed by atoms with Gasteiger partial charge in [0.05, 0.1) is 13.2 Å². The van der Waals surface area contributed by atoms with E-state index in [1.807, 2.05) is 0 Å². The molecule has 1 fully saturated rings. The highest BCUT2D eigenvalue weighted by molar-refractivity contribution is 6.09. The Morgan fingerprint density at radius 1 is 1.15 bits per heavy atom. The van der Waals surface area contributed by atoms with Gasteiger partial charge in [-0.15, -0.1) is 0 Å². The molecule has 4 aromatic rings. The van der Waals surface area contributed by atoms with Crippen molar-refractivity contribution >= 4 is 17.5 Å². The smallest absolute Gasteiger partial charge is 0.281 e. The van der Waals surface area contributed by atoms with Crippen molar-refractivity contribution in [2.24, 2.45) is 0 Å². The first-order valence-corrected chi connectivity index (χ1v) is 12.6. The number of aromatic nitrogens is 2. The zero-order valence-electron chi connectivity index (χ0n) is 21.0. The summed E-state index contributed by atoms with van der Waals surface area (Å²) in [5.74, 6) is -0.680. The molecular weight excluding hydrogens is 503 g/mol. The first-order valence-electron chi connectivity index (χ1n) is 12.6. The lowest BCUT2D eigenvalue weighted by atomic mass is 10.0. The number of ether oxygens (including phenoxy) is 2. The average Bonchev–Trinajstić information content (AvgIpc) is 3.68. The number of carbonyl (C=O) groups excluding carboxylic acids is 2. The third-order valence-corrected chi connectivity index (χ3v) is 6.28. The van der Waals surface area contributed by atoms with Gasteiger partial charge in [0.2, 0.25) is 5.91 Å². The molecule has 2 atom stereocenters. The molecule has 2 aromatic heterocycles. The highest BCUT2D eigenvalue weighted by Gasteiger charge is 2.34. The van der Waals surface area contributed by atoms with Crippen molar-refractivity contribution in [3.05, 3.63) is 108 Å².